The molecule has 1 N–H and O–H groups in total. The first-order valence-corrected chi connectivity index (χ1v) is 6.21. The van der Waals surface area contributed by atoms with Gasteiger partial charge < -0.3 is 10.2 Å². The van der Waals surface area contributed by atoms with Crippen LogP contribution in [0.2, 0.25) is 0 Å². The van der Waals surface area contributed by atoms with Gasteiger partial charge in [0.25, 0.3) is 0 Å². The Morgan fingerprint density at radius 1 is 1.47 bits per heavy atom. The maximum absolute atomic E-state index is 11.7. The van der Waals surface area contributed by atoms with E-state index in [2.05, 4.69) is 12.2 Å². The van der Waals surface area contributed by atoms with Crippen LogP contribution in [0, 0.1) is 5.92 Å². The molecule has 1 saturated heterocycles. The van der Waals surface area contributed by atoms with E-state index in [0.717, 1.165) is 25.3 Å². The third kappa shape index (κ3) is 2.71. The van der Waals surface area contributed by atoms with Crippen molar-refractivity contribution >= 4 is 5.91 Å². The molecule has 2 fully saturated rings. The maximum atomic E-state index is 11.7. The predicted molar refractivity (Wildman–Crippen MR) is 60.6 cm³/mol. The highest BCUT2D eigenvalue weighted by atomic mass is 16.2. The fraction of sp³-hybridized carbons (Fsp3) is 0.917. The van der Waals surface area contributed by atoms with Crippen LogP contribution in [0.15, 0.2) is 0 Å². The summed E-state index contributed by atoms with van der Waals surface area (Å²) < 4.78 is 0. The zero-order chi connectivity index (χ0) is 10.8. The van der Waals surface area contributed by atoms with Crippen LogP contribution >= 0.6 is 0 Å². The Labute approximate surface area is 92.2 Å². The number of likely N-dealkylation sites (tertiary alicyclic amines) is 1. The van der Waals surface area contributed by atoms with Crippen molar-refractivity contribution in [2.45, 2.75) is 51.1 Å². The van der Waals surface area contributed by atoms with E-state index in [9.17, 15) is 4.79 Å². The van der Waals surface area contributed by atoms with Crippen molar-refractivity contribution in [3.63, 3.8) is 0 Å². The molecule has 86 valence electrons. The molecule has 2 atom stereocenters. The maximum Gasteiger partial charge on any atom is 0.239 e. The van der Waals surface area contributed by atoms with Crippen molar-refractivity contribution in [3.8, 4) is 0 Å². The van der Waals surface area contributed by atoms with Crippen LogP contribution < -0.4 is 5.32 Å². The van der Waals surface area contributed by atoms with E-state index in [1.807, 2.05) is 11.9 Å². The lowest BCUT2D eigenvalue weighted by Crippen LogP contribution is -2.43. The minimum absolute atomic E-state index is 0.0960. The molecule has 3 nitrogen and oxygen atoms in total. The molecule has 0 radical (unpaired) electrons. The van der Waals surface area contributed by atoms with Crippen LogP contribution in [0.3, 0.4) is 0 Å². The second-order valence-electron chi connectivity index (χ2n) is 5.05. The minimum atomic E-state index is 0.0960. The Kier molecular flexibility index (Phi) is 3.29. The Balaban J connectivity index is 1.80. The van der Waals surface area contributed by atoms with E-state index < -0.39 is 0 Å². The van der Waals surface area contributed by atoms with Gasteiger partial charge in [0.05, 0.1) is 6.04 Å². The van der Waals surface area contributed by atoms with E-state index in [1.54, 1.807) is 0 Å². The van der Waals surface area contributed by atoms with Gasteiger partial charge in [-0.05, 0) is 25.2 Å². The molecule has 1 amide bonds. The van der Waals surface area contributed by atoms with Crippen molar-refractivity contribution in [3.05, 3.63) is 0 Å². The lowest BCUT2D eigenvalue weighted by Gasteiger charge is -2.20. The first-order chi connectivity index (χ1) is 7.20. The summed E-state index contributed by atoms with van der Waals surface area (Å²) >= 11 is 0. The SMILES string of the molecule is CCC(CC1CC1)NC1CCN(C)C1=O. The van der Waals surface area contributed by atoms with Crippen LogP contribution in [-0.4, -0.2) is 36.5 Å². The zero-order valence-corrected chi connectivity index (χ0v) is 9.83. The molecule has 1 aliphatic heterocycles. The molecule has 2 unspecified atom stereocenters. The normalized spacial score (nSPS) is 28.5. The number of nitrogens with zero attached hydrogens (tertiary/aromatic N) is 1. The molecular formula is C12H22N2O. The smallest absolute Gasteiger partial charge is 0.239 e. The summed E-state index contributed by atoms with van der Waals surface area (Å²) in [5, 5.41) is 3.53. The fourth-order valence-corrected chi connectivity index (χ4v) is 2.37. The molecule has 1 aliphatic carbocycles. The summed E-state index contributed by atoms with van der Waals surface area (Å²) in [5.41, 5.74) is 0. The first kappa shape index (κ1) is 10.9. The molecule has 15 heavy (non-hydrogen) atoms. The van der Waals surface area contributed by atoms with Crippen molar-refractivity contribution in [2.24, 2.45) is 5.92 Å². The summed E-state index contributed by atoms with van der Waals surface area (Å²) in [6.07, 6.45) is 6.19. The van der Waals surface area contributed by atoms with E-state index in [1.165, 1.54) is 19.3 Å². The Morgan fingerprint density at radius 3 is 2.67 bits per heavy atom. The van der Waals surface area contributed by atoms with Crippen LogP contribution in [0.5, 0.6) is 0 Å². The number of hydrogen-bond donors (Lipinski definition) is 1. The molecule has 1 heterocycles. The summed E-state index contributed by atoms with van der Waals surface area (Å²) in [6, 6.07) is 0.650. The van der Waals surface area contributed by atoms with Crippen LogP contribution in [0.1, 0.15) is 39.0 Å². The Morgan fingerprint density at radius 2 is 2.20 bits per heavy atom. The summed E-state index contributed by atoms with van der Waals surface area (Å²) in [7, 11) is 1.89. The fourth-order valence-electron chi connectivity index (χ4n) is 2.37. The summed E-state index contributed by atoms with van der Waals surface area (Å²) in [4.78, 5) is 13.6. The van der Waals surface area contributed by atoms with Crippen LogP contribution in [0.25, 0.3) is 0 Å². The molecular weight excluding hydrogens is 188 g/mol. The average Bonchev–Trinajstić information content (AvgIpc) is 2.99. The quantitative estimate of drug-likeness (QED) is 0.743. The zero-order valence-electron chi connectivity index (χ0n) is 9.83. The third-order valence-electron chi connectivity index (χ3n) is 3.67. The lowest BCUT2D eigenvalue weighted by molar-refractivity contribution is -0.128. The van der Waals surface area contributed by atoms with Gasteiger partial charge in [0.2, 0.25) is 5.91 Å². The monoisotopic (exact) mass is 210 g/mol. The molecule has 0 aromatic heterocycles. The Bertz CT molecular complexity index is 238. The second kappa shape index (κ2) is 4.52. The van der Waals surface area contributed by atoms with Crippen molar-refractivity contribution < 1.29 is 4.79 Å². The number of carbonyl (C=O) groups excluding carboxylic acids is 1. The largest absolute Gasteiger partial charge is 0.344 e. The number of likely N-dealkylation sites (N-methyl/N-ethyl adjacent to an activating group) is 1. The van der Waals surface area contributed by atoms with Crippen LogP contribution in [0.4, 0.5) is 0 Å². The van der Waals surface area contributed by atoms with Crippen molar-refractivity contribution in [2.75, 3.05) is 13.6 Å². The highest BCUT2D eigenvalue weighted by molar-refractivity contribution is 5.83. The van der Waals surface area contributed by atoms with E-state index in [0.29, 0.717) is 6.04 Å². The highest BCUT2D eigenvalue weighted by Crippen LogP contribution is 2.34. The average molecular weight is 210 g/mol. The van der Waals surface area contributed by atoms with Gasteiger partial charge in [0.1, 0.15) is 0 Å². The first-order valence-electron chi connectivity index (χ1n) is 6.21. The minimum Gasteiger partial charge on any atom is -0.344 e. The van der Waals surface area contributed by atoms with Gasteiger partial charge >= 0.3 is 0 Å². The van der Waals surface area contributed by atoms with E-state index in [-0.39, 0.29) is 11.9 Å². The van der Waals surface area contributed by atoms with Gasteiger partial charge in [-0.3, -0.25) is 4.79 Å². The number of nitrogens with one attached hydrogen (secondary N) is 1. The number of carbonyl (C=O) groups is 1. The topological polar surface area (TPSA) is 32.3 Å². The number of amides is 1. The predicted octanol–water partition coefficient (Wildman–Crippen LogP) is 1.39. The molecule has 0 aromatic carbocycles. The van der Waals surface area contributed by atoms with Gasteiger partial charge in [-0.15, -0.1) is 0 Å². The molecule has 0 spiro atoms. The molecule has 0 bridgehead atoms. The van der Waals surface area contributed by atoms with Crippen LogP contribution in [-0.2, 0) is 4.79 Å². The lowest BCUT2D eigenvalue weighted by atomic mass is 10.1. The summed E-state index contributed by atoms with van der Waals surface area (Å²) in [6.45, 7) is 3.12. The standard InChI is InChI=1S/C12H22N2O/c1-3-10(8-9-4-5-9)13-11-6-7-14(2)12(11)15/h9-11,13H,3-8H2,1-2H3. The van der Waals surface area contributed by atoms with E-state index in [4.69, 9.17) is 0 Å². The molecule has 2 aliphatic rings. The van der Waals surface area contributed by atoms with Gasteiger partial charge in [0, 0.05) is 19.6 Å². The highest BCUT2D eigenvalue weighted by Gasteiger charge is 2.32. The van der Waals surface area contributed by atoms with Gasteiger partial charge in [-0.1, -0.05) is 19.8 Å². The second-order valence-corrected chi connectivity index (χ2v) is 5.05. The third-order valence-corrected chi connectivity index (χ3v) is 3.67. The molecule has 2 rings (SSSR count). The van der Waals surface area contributed by atoms with Gasteiger partial charge in [-0.2, -0.15) is 0 Å². The molecule has 1 saturated carbocycles. The van der Waals surface area contributed by atoms with Crippen molar-refractivity contribution in [1.82, 2.24) is 10.2 Å². The van der Waals surface area contributed by atoms with Gasteiger partial charge in [0.15, 0.2) is 0 Å². The number of hydrogen-bond acceptors (Lipinski definition) is 2. The van der Waals surface area contributed by atoms with E-state index >= 15 is 0 Å². The molecule has 0 aromatic rings. The summed E-state index contributed by atoms with van der Waals surface area (Å²) in [5.74, 6) is 1.22. The Hall–Kier alpha value is -0.570. The molecule has 3 heteroatoms. The van der Waals surface area contributed by atoms with Gasteiger partial charge in [-0.25, -0.2) is 0 Å². The van der Waals surface area contributed by atoms with Crippen molar-refractivity contribution in [1.29, 1.82) is 0 Å². The number of rotatable bonds is 5.